The molecule has 3 rings (SSSR count). The highest BCUT2D eigenvalue weighted by atomic mass is 16.3. The lowest BCUT2D eigenvalue weighted by Crippen LogP contribution is -2.35. The molecule has 4 nitrogen and oxygen atoms in total. The summed E-state index contributed by atoms with van der Waals surface area (Å²) in [6.45, 7) is 3.37. The third-order valence-corrected chi connectivity index (χ3v) is 4.90. The molecule has 124 valence electrons. The second kappa shape index (κ2) is 7.75. The highest BCUT2D eigenvalue weighted by Gasteiger charge is 2.20. The Kier molecular flexibility index (Phi) is 5.47. The van der Waals surface area contributed by atoms with E-state index < -0.39 is 0 Å². The SMILES string of the molecule is O=C(NCc1ccccc1CN1CCC(O)CC1)C1CC=CC1. The van der Waals surface area contributed by atoms with Gasteiger partial charge in [-0.2, -0.15) is 0 Å². The van der Waals surface area contributed by atoms with Gasteiger partial charge in [-0.05, 0) is 36.8 Å². The van der Waals surface area contributed by atoms with E-state index in [4.69, 9.17) is 0 Å². The number of amides is 1. The molecule has 0 bridgehead atoms. The number of carbonyl (C=O) groups is 1. The Balaban J connectivity index is 1.56. The van der Waals surface area contributed by atoms with E-state index in [-0.39, 0.29) is 17.9 Å². The molecule has 0 atom stereocenters. The Hall–Kier alpha value is -1.65. The zero-order valence-electron chi connectivity index (χ0n) is 13.6. The lowest BCUT2D eigenvalue weighted by molar-refractivity contribution is -0.124. The van der Waals surface area contributed by atoms with Crippen molar-refractivity contribution >= 4 is 5.91 Å². The highest BCUT2D eigenvalue weighted by molar-refractivity contribution is 5.79. The van der Waals surface area contributed by atoms with Gasteiger partial charge in [0.05, 0.1) is 6.10 Å². The molecule has 1 aromatic rings. The predicted molar refractivity (Wildman–Crippen MR) is 90.7 cm³/mol. The van der Waals surface area contributed by atoms with Crippen molar-refractivity contribution in [3.63, 3.8) is 0 Å². The lowest BCUT2D eigenvalue weighted by atomic mass is 10.0. The molecule has 0 saturated carbocycles. The maximum Gasteiger partial charge on any atom is 0.224 e. The number of likely N-dealkylation sites (tertiary alicyclic amines) is 1. The molecule has 1 amide bonds. The van der Waals surface area contributed by atoms with Crippen LogP contribution in [0.15, 0.2) is 36.4 Å². The number of aliphatic hydroxyl groups excluding tert-OH is 1. The van der Waals surface area contributed by atoms with E-state index in [1.165, 1.54) is 11.1 Å². The average Bonchev–Trinajstić information content (AvgIpc) is 3.10. The van der Waals surface area contributed by atoms with Gasteiger partial charge in [0.15, 0.2) is 0 Å². The van der Waals surface area contributed by atoms with Crippen molar-refractivity contribution in [1.82, 2.24) is 10.2 Å². The third-order valence-electron chi connectivity index (χ3n) is 4.90. The van der Waals surface area contributed by atoms with Crippen LogP contribution < -0.4 is 5.32 Å². The van der Waals surface area contributed by atoms with E-state index >= 15 is 0 Å². The zero-order chi connectivity index (χ0) is 16.1. The van der Waals surface area contributed by atoms with Gasteiger partial charge >= 0.3 is 0 Å². The van der Waals surface area contributed by atoms with E-state index in [0.29, 0.717) is 6.54 Å². The molecule has 2 aliphatic rings. The smallest absolute Gasteiger partial charge is 0.224 e. The normalized spacial score (nSPS) is 20.0. The van der Waals surface area contributed by atoms with E-state index in [1.54, 1.807) is 0 Å². The molecular weight excluding hydrogens is 288 g/mol. The highest BCUT2D eigenvalue weighted by Crippen LogP contribution is 2.19. The molecule has 0 radical (unpaired) electrons. The van der Waals surface area contributed by atoms with Gasteiger partial charge in [-0.3, -0.25) is 9.69 Å². The molecule has 0 aromatic heterocycles. The van der Waals surface area contributed by atoms with Gasteiger partial charge in [-0.15, -0.1) is 0 Å². The maximum atomic E-state index is 12.2. The Labute approximate surface area is 138 Å². The monoisotopic (exact) mass is 314 g/mol. The fourth-order valence-electron chi connectivity index (χ4n) is 3.36. The fourth-order valence-corrected chi connectivity index (χ4v) is 3.36. The van der Waals surface area contributed by atoms with E-state index in [9.17, 15) is 9.90 Å². The Bertz CT molecular complexity index is 554. The van der Waals surface area contributed by atoms with Crippen molar-refractivity contribution in [2.45, 2.75) is 44.9 Å². The number of piperidine rings is 1. The number of allylic oxidation sites excluding steroid dienone is 2. The topological polar surface area (TPSA) is 52.6 Å². The molecule has 1 fully saturated rings. The molecule has 0 unspecified atom stereocenters. The number of hydrogen-bond acceptors (Lipinski definition) is 3. The molecule has 1 aliphatic heterocycles. The van der Waals surface area contributed by atoms with Gasteiger partial charge in [0, 0.05) is 32.1 Å². The van der Waals surface area contributed by atoms with E-state index in [2.05, 4.69) is 40.6 Å². The Morgan fingerprint density at radius 2 is 1.78 bits per heavy atom. The fraction of sp³-hybridized carbons (Fsp3) is 0.526. The molecule has 4 heteroatoms. The van der Waals surface area contributed by atoms with E-state index in [1.807, 2.05) is 6.07 Å². The standard InChI is InChI=1S/C19H26N2O2/c22-18-9-11-21(12-10-18)14-17-8-4-3-7-16(17)13-20-19(23)15-5-1-2-6-15/h1-4,7-8,15,18,22H,5-6,9-14H2,(H,20,23). The summed E-state index contributed by atoms with van der Waals surface area (Å²) in [6, 6.07) is 8.33. The van der Waals surface area contributed by atoms with Crippen molar-refractivity contribution in [3.8, 4) is 0 Å². The number of nitrogens with zero attached hydrogens (tertiary/aromatic N) is 1. The van der Waals surface area contributed by atoms with Crippen LogP contribution in [-0.2, 0) is 17.9 Å². The molecular formula is C19H26N2O2. The Morgan fingerprint density at radius 1 is 1.13 bits per heavy atom. The largest absolute Gasteiger partial charge is 0.393 e. The second-order valence-corrected chi connectivity index (χ2v) is 6.63. The minimum absolute atomic E-state index is 0.116. The molecule has 0 spiro atoms. The van der Waals surface area contributed by atoms with Gasteiger partial charge in [0.25, 0.3) is 0 Å². The third kappa shape index (κ3) is 4.43. The van der Waals surface area contributed by atoms with Gasteiger partial charge in [-0.1, -0.05) is 36.4 Å². The summed E-state index contributed by atoms with van der Waals surface area (Å²) in [5, 5.41) is 12.7. The Morgan fingerprint density at radius 3 is 2.48 bits per heavy atom. The van der Waals surface area contributed by atoms with Crippen LogP contribution in [0.3, 0.4) is 0 Å². The quantitative estimate of drug-likeness (QED) is 0.820. The van der Waals surface area contributed by atoms with Gasteiger partial charge in [-0.25, -0.2) is 0 Å². The van der Waals surface area contributed by atoms with Crippen LogP contribution in [0.5, 0.6) is 0 Å². The molecule has 1 heterocycles. The van der Waals surface area contributed by atoms with Crippen LogP contribution in [0.2, 0.25) is 0 Å². The second-order valence-electron chi connectivity index (χ2n) is 6.63. The summed E-state index contributed by atoms with van der Waals surface area (Å²) < 4.78 is 0. The van der Waals surface area contributed by atoms with Crippen molar-refractivity contribution in [1.29, 1.82) is 0 Å². The van der Waals surface area contributed by atoms with Gasteiger partial charge in [0.1, 0.15) is 0 Å². The van der Waals surface area contributed by atoms with Gasteiger partial charge in [0.2, 0.25) is 5.91 Å². The molecule has 23 heavy (non-hydrogen) atoms. The van der Waals surface area contributed by atoms with Crippen molar-refractivity contribution < 1.29 is 9.90 Å². The summed E-state index contributed by atoms with van der Waals surface area (Å²) in [5.74, 6) is 0.275. The van der Waals surface area contributed by atoms with Crippen molar-refractivity contribution in [2.75, 3.05) is 13.1 Å². The van der Waals surface area contributed by atoms with E-state index in [0.717, 1.165) is 45.3 Å². The molecule has 1 aliphatic carbocycles. The first-order valence-electron chi connectivity index (χ1n) is 8.62. The van der Waals surface area contributed by atoms with Gasteiger partial charge < -0.3 is 10.4 Å². The number of aliphatic hydroxyl groups is 1. The first kappa shape index (κ1) is 16.2. The number of benzene rings is 1. The van der Waals surface area contributed by atoms with Crippen LogP contribution >= 0.6 is 0 Å². The summed E-state index contributed by atoms with van der Waals surface area (Å²) in [6.07, 6.45) is 7.47. The minimum atomic E-state index is -0.138. The van der Waals surface area contributed by atoms with Crippen LogP contribution in [0.4, 0.5) is 0 Å². The zero-order valence-corrected chi connectivity index (χ0v) is 13.6. The van der Waals surface area contributed by atoms with Crippen LogP contribution in [0, 0.1) is 5.92 Å². The number of rotatable bonds is 5. The predicted octanol–water partition coefficient (Wildman–Crippen LogP) is 2.23. The molecule has 1 saturated heterocycles. The van der Waals surface area contributed by atoms with Crippen LogP contribution in [-0.4, -0.2) is 35.1 Å². The molecule has 1 aromatic carbocycles. The minimum Gasteiger partial charge on any atom is -0.393 e. The summed E-state index contributed by atoms with van der Waals surface area (Å²) in [7, 11) is 0. The van der Waals surface area contributed by atoms with Crippen molar-refractivity contribution in [2.24, 2.45) is 5.92 Å². The average molecular weight is 314 g/mol. The lowest BCUT2D eigenvalue weighted by Gasteiger charge is -2.30. The number of carbonyl (C=O) groups excluding carboxylic acids is 1. The first-order valence-corrected chi connectivity index (χ1v) is 8.62. The number of hydrogen-bond donors (Lipinski definition) is 2. The summed E-state index contributed by atoms with van der Waals surface area (Å²) in [5.41, 5.74) is 2.46. The molecule has 2 N–H and O–H groups in total. The first-order chi connectivity index (χ1) is 11.2. The summed E-state index contributed by atoms with van der Waals surface area (Å²) in [4.78, 5) is 14.5. The van der Waals surface area contributed by atoms with Crippen LogP contribution in [0.1, 0.15) is 36.8 Å². The number of nitrogens with one attached hydrogen (secondary N) is 1. The maximum absolute atomic E-state index is 12.2. The summed E-state index contributed by atoms with van der Waals surface area (Å²) >= 11 is 0. The van der Waals surface area contributed by atoms with Crippen LogP contribution in [0.25, 0.3) is 0 Å². The van der Waals surface area contributed by atoms with Crippen molar-refractivity contribution in [3.05, 3.63) is 47.5 Å².